The Bertz CT molecular complexity index is 888. The number of carbonyl (C=O) groups is 1. The standard InChI is InChI=1S/C21H18N2O2/c1-25-20(24)19-17-12-13-21(14-18(17)22-23-19,15-8-4-2-5-9-15)16-10-6-3-7-11-16/h2-13H,14H2,1H3,(H,22,23). The molecule has 1 aliphatic carbocycles. The second-order valence-corrected chi connectivity index (χ2v) is 6.17. The van der Waals surface area contributed by atoms with Crippen molar-refractivity contribution in [3.8, 4) is 0 Å². The number of fused-ring (bicyclic) bond motifs is 1. The third-order valence-corrected chi connectivity index (χ3v) is 4.83. The lowest BCUT2D eigenvalue weighted by Crippen LogP contribution is -2.30. The zero-order valence-electron chi connectivity index (χ0n) is 13.9. The third-order valence-electron chi connectivity index (χ3n) is 4.83. The van der Waals surface area contributed by atoms with Crippen molar-refractivity contribution < 1.29 is 9.53 Å². The molecule has 0 spiro atoms. The van der Waals surface area contributed by atoms with E-state index in [0.717, 1.165) is 11.3 Å². The summed E-state index contributed by atoms with van der Waals surface area (Å²) in [5, 5.41) is 7.20. The van der Waals surface area contributed by atoms with Crippen LogP contribution in [0.15, 0.2) is 66.7 Å². The van der Waals surface area contributed by atoms with Gasteiger partial charge < -0.3 is 4.74 Å². The molecule has 0 atom stereocenters. The average molecular weight is 330 g/mol. The maximum atomic E-state index is 11.9. The number of nitrogens with zero attached hydrogens (tertiary/aromatic N) is 1. The molecule has 3 aromatic rings. The van der Waals surface area contributed by atoms with Crippen LogP contribution in [-0.4, -0.2) is 23.3 Å². The van der Waals surface area contributed by atoms with Crippen LogP contribution in [0.2, 0.25) is 0 Å². The second-order valence-electron chi connectivity index (χ2n) is 6.17. The maximum Gasteiger partial charge on any atom is 0.359 e. The van der Waals surface area contributed by atoms with Crippen LogP contribution in [0, 0.1) is 0 Å². The van der Waals surface area contributed by atoms with Crippen LogP contribution in [-0.2, 0) is 16.6 Å². The molecule has 124 valence electrons. The van der Waals surface area contributed by atoms with Gasteiger partial charge in [-0.1, -0.05) is 72.8 Å². The van der Waals surface area contributed by atoms with Gasteiger partial charge in [-0.2, -0.15) is 5.10 Å². The normalized spacial score (nSPS) is 14.8. The van der Waals surface area contributed by atoms with E-state index in [1.54, 1.807) is 0 Å². The molecule has 0 unspecified atom stereocenters. The predicted octanol–water partition coefficient (Wildman–Crippen LogP) is 3.75. The fraction of sp³-hybridized carbons (Fsp3) is 0.143. The van der Waals surface area contributed by atoms with Crippen LogP contribution in [0.3, 0.4) is 0 Å². The second kappa shape index (κ2) is 6.06. The van der Waals surface area contributed by atoms with Gasteiger partial charge in [-0.05, 0) is 11.1 Å². The van der Waals surface area contributed by atoms with Crippen molar-refractivity contribution in [2.45, 2.75) is 11.8 Å². The molecule has 0 aliphatic heterocycles. The molecule has 4 rings (SSSR count). The Morgan fingerprint density at radius 2 is 1.64 bits per heavy atom. The molecule has 1 heterocycles. The summed E-state index contributed by atoms with van der Waals surface area (Å²) in [7, 11) is 1.37. The van der Waals surface area contributed by atoms with Gasteiger partial charge in [-0.15, -0.1) is 0 Å². The minimum Gasteiger partial charge on any atom is -0.464 e. The number of esters is 1. The summed E-state index contributed by atoms with van der Waals surface area (Å²) in [4.78, 5) is 11.9. The number of aromatic nitrogens is 2. The summed E-state index contributed by atoms with van der Waals surface area (Å²) >= 11 is 0. The fourth-order valence-electron chi connectivity index (χ4n) is 3.55. The number of rotatable bonds is 3. The van der Waals surface area contributed by atoms with Crippen LogP contribution in [0.1, 0.15) is 32.9 Å². The highest BCUT2D eigenvalue weighted by molar-refractivity contribution is 5.92. The van der Waals surface area contributed by atoms with Crippen LogP contribution in [0.25, 0.3) is 6.08 Å². The smallest absolute Gasteiger partial charge is 0.359 e. The van der Waals surface area contributed by atoms with E-state index in [-0.39, 0.29) is 5.41 Å². The molecule has 4 nitrogen and oxygen atoms in total. The molecule has 0 amide bonds. The first-order valence-corrected chi connectivity index (χ1v) is 8.20. The molecule has 1 aromatic heterocycles. The van der Waals surface area contributed by atoms with E-state index in [4.69, 9.17) is 4.74 Å². The van der Waals surface area contributed by atoms with Gasteiger partial charge in [-0.25, -0.2) is 4.79 Å². The van der Waals surface area contributed by atoms with Gasteiger partial charge >= 0.3 is 5.97 Å². The fourth-order valence-corrected chi connectivity index (χ4v) is 3.55. The number of hydrogen-bond acceptors (Lipinski definition) is 3. The Hall–Kier alpha value is -3.14. The van der Waals surface area contributed by atoms with Crippen molar-refractivity contribution in [2.24, 2.45) is 0 Å². The Kier molecular flexibility index (Phi) is 3.73. The Balaban J connectivity index is 1.87. The maximum absolute atomic E-state index is 11.9. The van der Waals surface area contributed by atoms with Gasteiger partial charge in [0.15, 0.2) is 5.69 Å². The molecule has 0 saturated carbocycles. The molecular formula is C21H18N2O2. The number of aromatic amines is 1. The summed E-state index contributed by atoms with van der Waals surface area (Å²) in [6, 6.07) is 20.8. The number of benzene rings is 2. The van der Waals surface area contributed by atoms with E-state index in [1.165, 1.54) is 18.2 Å². The molecule has 0 fully saturated rings. The average Bonchev–Trinajstić information content (AvgIpc) is 3.11. The quantitative estimate of drug-likeness (QED) is 0.744. The van der Waals surface area contributed by atoms with Crippen molar-refractivity contribution in [3.63, 3.8) is 0 Å². The molecular weight excluding hydrogens is 312 g/mol. The molecule has 1 N–H and O–H groups in total. The minimum absolute atomic E-state index is 0.296. The highest BCUT2D eigenvalue weighted by Crippen LogP contribution is 2.41. The predicted molar refractivity (Wildman–Crippen MR) is 96.3 cm³/mol. The van der Waals surface area contributed by atoms with E-state index >= 15 is 0 Å². The molecule has 4 heteroatoms. The van der Waals surface area contributed by atoms with Crippen LogP contribution < -0.4 is 0 Å². The number of H-pyrrole nitrogens is 1. The Morgan fingerprint density at radius 1 is 1.04 bits per heavy atom. The van der Waals surface area contributed by atoms with Crippen molar-refractivity contribution in [3.05, 3.63) is 94.8 Å². The summed E-state index contributed by atoms with van der Waals surface area (Å²) in [6.45, 7) is 0. The van der Waals surface area contributed by atoms with Crippen molar-refractivity contribution in [1.82, 2.24) is 10.2 Å². The highest BCUT2D eigenvalue weighted by atomic mass is 16.5. The molecule has 0 radical (unpaired) electrons. The zero-order chi connectivity index (χ0) is 17.3. The topological polar surface area (TPSA) is 55.0 Å². The van der Waals surface area contributed by atoms with Crippen molar-refractivity contribution in [1.29, 1.82) is 0 Å². The summed E-state index contributed by atoms with van der Waals surface area (Å²) < 4.78 is 4.83. The van der Waals surface area contributed by atoms with Gasteiger partial charge in [-0.3, -0.25) is 5.10 Å². The van der Waals surface area contributed by atoms with Gasteiger partial charge in [0.05, 0.1) is 7.11 Å². The van der Waals surface area contributed by atoms with Gasteiger partial charge in [0.2, 0.25) is 0 Å². The first kappa shape index (κ1) is 15.4. The third kappa shape index (κ3) is 2.47. The summed E-state index contributed by atoms with van der Waals surface area (Å²) in [5.74, 6) is -0.422. The highest BCUT2D eigenvalue weighted by Gasteiger charge is 2.37. The molecule has 0 bridgehead atoms. The van der Waals surface area contributed by atoms with Gasteiger partial charge in [0.1, 0.15) is 0 Å². The number of allylic oxidation sites excluding steroid dienone is 1. The number of methoxy groups -OCH3 is 1. The zero-order valence-corrected chi connectivity index (χ0v) is 13.9. The molecule has 2 aromatic carbocycles. The number of hydrogen-bond donors (Lipinski definition) is 1. The molecule has 1 aliphatic rings. The molecule has 0 saturated heterocycles. The number of nitrogens with one attached hydrogen (secondary N) is 1. The lowest BCUT2D eigenvalue weighted by molar-refractivity contribution is 0.0593. The van der Waals surface area contributed by atoms with Crippen LogP contribution >= 0.6 is 0 Å². The van der Waals surface area contributed by atoms with E-state index in [0.29, 0.717) is 12.1 Å². The van der Waals surface area contributed by atoms with Crippen molar-refractivity contribution >= 4 is 12.0 Å². The largest absolute Gasteiger partial charge is 0.464 e. The first-order valence-electron chi connectivity index (χ1n) is 8.20. The molecule has 25 heavy (non-hydrogen) atoms. The lowest BCUT2D eigenvalue weighted by Gasteiger charge is -2.34. The van der Waals surface area contributed by atoms with Gasteiger partial charge in [0, 0.05) is 23.1 Å². The number of carbonyl (C=O) groups excluding carboxylic acids is 1. The Morgan fingerprint density at radius 3 is 2.20 bits per heavy atom. The lowest BCUT2D eigenvalue weighted by atomic mass is 9.68. The minimum atomic E-state index is -0.422. The van der Waals surface area contributed by atoms with Crippen LogP contribution in [0.4, 0.5) is 0 Å². The van der Waals surface area contributed by atoms with Gasteiger partial charge in [0.25, 0.3) is 0 Å². The summed E-state index contributed by atoms with van der Waals surface area (Å²) in [6.07, 6.45) is 4.85. The summed E-state index contributed by atoms with van der Waals surface area (Å²) in [5.41, 5.74) is 4.21. The van der Waals surface area contributed by atoms with E-state index < -0.39 is 5.97 Å². The monoisotopic (exact) mass is 330 g/mol. The number of ether oxygens (including phenoxy) is 1. The van der Waals surface area contributed by atoms with E-state index in [9.17, 15) is 4.79 Å². The first-order chi connectivity index (χ1) is 12.2. The van der Waals surface area contributed by atoms with E-state index in [1.807, 2.05) is 18.2 Å². The Labute approximate surface area is 146 Å². The van der Waals surface area contributed by atoms with Crippen molar-refractivity contribution in [2.75, 3.05) is 7.11 Å². The SMILES string of the molecule is COC(=O)c1n[nH]c2c1C=CC(c1ccccc1)(c1ccccc1)C2. The van der Waals surface area contributed by atoms with Crippen LogP contribution in [0.5, 0.6) is 0 Å². The van der Waals surface area contributed by atoms with E-state index in [2.05, 4.69) is 64.8 Å².